The van der Waals surface area contributed by atoms with E-state index in [1.165, 1.54) is 5.56 Å². The number of halogens is 1. The highest BCUT2D eigenvalue weighted by atomic mass is 127. The van der Waals surface area contributed by atoms with Crippen molar-refractivity contribution in [3.63, 3.8) is 0 Å². The monoisotopic (exact) mass is 512 g/mol. The van der Waals surface area contributed by atoms with E-state index in [4.69, 9.17) is 4.74 Å². The Balaban J connectivity index is 0.00000300. The number of nitrogens with zero attached hydrogens (tertiary/aromatic N) is 5. The summed E-state index contributed by atoms with van der Waals surface area (Å²) in [5, 5.41) is 7.52. The van der Waals surface area contributed by atoms with Crippen molar-refractivity contribution in [2.75, 3.05) is 45.2 Å². The van der Waals surface area contributed by atoms with E-state index in [0.29, 0.717) is 26.2 Å². The Labute approximate surface area is 188 Å². The van der Waals surface area contributed by atoms with Gasteiger partial charge in [0, 0.05) is 39.9 Å². The maximum Gasteiger partial charge on any atom is 0.246 e. The first-order valence-corrected chi connectivity index (χ1v) is 9.40. The van der Waals surface area contributed by atoms with E-state index >= 15 is 0 Å². The first-order chi connectivity index (χ1) is 13.5. The van der Waals surface area contributed by atoms with Gasteiger partial charge in [0.05, 0.1) is 19.0 Å². The minimum Gasteiger partial charge on any atom is -0.496 e. The number of methoxy groups -OCH3 is 1. The number of hydrogen-bond donors (Lipinski definition) is 1. The third-order valence-electron chi connectivity index (χ3n) is 4.85. The Bertz CT molecular complexity index is 866. The van der Waals surface area contributed by atoms with Gasteiger partial charge >= 0.3 is 0 Å². The first-order valence-electron chi connectivity index (χ1n) is 9.40. The second-order valence-electron chi connectivity index (χ2n) is 6.88. The highest BCUT2D eigenvalue weighted by Crippen LogP contribution is 2.20. The van der Waals surface area contributed by atoms with Crippen LogP contribution in [0.4, 0.5) is 5.69 Å². The zero-order chi connectivity index (χ0) is 20.1. The number of carbonyl (C=O) groups is 1. The number of anilines is 1. The number of aliphatic imine (C=N–C) groups is 1. The standard InChI is InChI=1S/C20H28N6O2.HI/c1-15-5-6-18(28-4)16(11-15)7-8-22-20(21-2)25-9-10-26(19(27)14-25)17-12-23-24(3)13-17;/h5-6,11-13H,7-10,14H2,1-4H3,(H,21,22);1H. The lowest BCUT2D eigenvalue weighted by molar-refractivity contribution is -0.120. The molecule has 158 valence electrons. The van der Waals surface area contributed by atoms with Crippen LogP contribution in [0.2, 0.25) is 0 Å². The van der Waals surface area contributed by atoms with Crippen molar-refractivity contribution < 1.29 is 9.53 Å². The molecule has 9 heteroatoms. The molecule has 1 amide bonds. The zero-order valence-electron chi connectivity index (χ0n) is 17.4. The lowest BCUT2D eigenvalue weighted by Crippen LogP contribution is -2.55. The third kappa shape index (κ3) is 5.62. The van der Waals surface area contributed by atoms with Crippen molar-refractivity contribution in [2.45, 2.75) is 13.3 Å². The molecule has 1 saturated heterocycles. The molecular formula is C20H29IN6O2. The summed E-state index contributed by atoms with van der Waals surface area (Å²) in [6, 6.07) is 6.18. The van der Waals surface area contributed by atoms with E-state index in [2.05, 4.69) is 28.4 Å². The van der Waals surface area contributed by atoms with Gasteiger partial charge in [0.15, 0.2) is 5.96 Å². The Hall–Kier alpha value is -2.30. The van der Waals surface area contributed by atoms with Crippen LogP contribution < -0.4 is 15.0 Å². The summed E-state index contributed by atoms with van der Waals surface area (Å²) < 4.78 is 7.15. The van der Waals surface area contributed by atoms with Crippen molar-refractivity contribution in [1.82, 2.24) is 20.0 Å². The molecule has 1 aliphatic rings. The van der Waals surface area contributed by atoms with Crippen LogP contribution in [0.1, 0.15) is 11.1 Å². The van der Waals surface area contributed by atoms with Crippen LogP contribution in [0, 0.1) is 6.92 Å². The van der Waals surface area contributed by atoms with Crippen molar-refractivity contribution in [1.29, 1.82) is 0 Å². The van der Waals surface area contributed by atoms with Crippen LogP contribution in [0.5, 0.6) is 5.75 Å². The van der Waals surface area contributed by atoms with Gasteiger partial charge in [-0.15, -0.1) is 24.0 Å². The minimum atomic E-state index is 0. The molecule has 0 aliphatic carbocycles. The average molecular weight is 512 g/mol. The summed E-state index contributed by atoms with van der Waals surface area (Å²) >= 11 is 0. The van der Waals surface area contributed by atoms with Crippen LogP contribution in [0.3, 0.4) is 0 Å². The molecule has 29 heavy (non-hydrogen) atoms. The van der Waals surface area contributed by atoms with Gasteiger partial charge in [-0.25, -0.2) is 0 Å². The number of piperazine rings is 1. The van der Waals surface area contributed by atoms with Gasteiger partial charge in [-0.3, -0.25) is 14.5 Å². The summed E-state index contributed by atoms with van der Waals surface area (Å²) in [6.45, 7) is 4.40. The first kappa shape index (κ1) is 23.0. The van der Waals surface area contributed by atoms with Gasteiger partial charge in [-0.1, -0.05) is 17.7 Å². The van der Waals surface area contributed by atoms with E-state index in [9.17, 15) is 4.79 Å². The Morgan fingerprint density at radius 1 is 1.34 bits per heavy atom. The molecule has 0 atom stereocenters. The maximum atomic E-state index is 12.6. The zero-order valence-corrected chi connectivity index (χ0v) is 19.7. The van der Waals surface area contributed by atoms with E-state index in [1.807, 2.05) is 30.3 Å². The highest BCUT2D eigenvalue weighted by Gasteiger charge is 2.27. The fourth-order valence-corrected chi connectivity index (χ4v) is 3.42. The number of amides is 1. The molecular weight excluding hydrogens is 483 g/mol. The Morgan fingerprint density at radius 3 is 2.76 bits per heavy atom. The molecule has 1 aliphatic heterocycles. The van der Waals surface area contributed by atoms with Gasteiger partial charge in [0.25, 0.3) is 0 Å². The SMILES string of the molecule is CN=C(NCCc1cc(C)ccc1OC)N1CCN(c2cnn(C)c2)C(=O)C1.I. The summed E-state index contributed by atoms with van der Waals surface area (Å²) in [4.78, 5) is 20.7. The third-order valence-corrected chi connectivity index (χ3v) is 4.85. The van der Waals surface area contributed by atoms with Gasteiger partial charge in [-0.2, -0.15) is 5.10 Å². The van der Waals surface area contributed by atoms with E-state index < -0.39 is 0 Å². The second-order valence-corrected chi connectivity index (χ2v) is 6.88. The number of hydrogen-bond acceptors (Lipinski definition) is 4. The number of rotatable bonds is 5. The molecule has 3 rings (SSSR count). The molecule has 0 saturated carbocycles. The van der Waals surface area contributed by atoms with Gasteiger partial charge < -0.3 is 19.9 Å². The van der Waals surface area contributed by atoms with Crippen LogP contribution in [0.25, 0.3) is 0 Å². The fourth-order valence-electron chi connectivity index (χ4n) is 3.42. The lowest BCUT2D eigenvalue weighted by Gasteiger charge is -2.35. The molecule has 8 nitrogen and oxygen atoms in total. The van der Waals surface area contributed by atoms with E-state index in [1.54, 1.807) is 29.9 Å². The molecule has 1 N–H and O–H groups in total. The Kier molecular flexibility index (Phi) is 8.30. The van der Waals surface area contributed by atoms with Crippen molar-refractivity contribution in [3.8, 4) is 5.75 Å². The predicted molar refractivity (Wildman–Crippen MR) is 125 cm³/mol. The van der Waals surface area contributed by atoms with Gasteiger partial charge in [-0.05, 0) is 25.0 Å². The summed E-state index contributed by atoms with van der Waals surface area (Å²) in [5.41, 5.74) is 3.20. The number of guanidine groups is 1. The van der Waals surface area contributed by atoms with Crippen LogP contribution in [-0.4, -0.2) is 66.9 Å². The van der Waals surface area contributed by atoms with Crippen molar-refractivity contribution in [2.24, 2.45) is 12.0 Å². The quantitative estimate of drug-likeness (QED) is 0.376. The largest absolute Gasteiger partial charge is 0.496 e. The van der Waals surface area contributed by atoms with Crippen LogP contribution in [-0.2, 0) is 18.3 Å². The predicted octanol–water partition coefficient (Wildman–Crippen LogP) is 1.82. The van der Waals surface area contributed by atoms with E-state index in [0.717, 1.165) is 29.4 Å². The minimum absolute atomic E-state index is 0. The van der Waals surface area contributed by atoms with E-state index in [-0.39, 0.29) is 29.9 Å². The topological polar surface area (TPSA) is 75.0 Å². The number of benzene rings is 1. The molecule has 0 radical (unpaired) electrons. The van der Waals surface area contributed by atoms with Crippen LogP contribution in [0.15, 0.2) is 35.6 Å². The fraction of sp³-hybridized carbons (Fsp3) is 0.450. The van der Waals surface area contributed by atoms with Crippen molar-refractivity contribution >= 4 is 41.5 Å². The maximum absolute atomic E-state index is 12.6. The lowest BCUT2D eigenvalue weighted by atomic mass is 10.1. The molecule has 1 fully saturated rings. The van der Waals surface area contributed by atoms with Gasteiger partial charge in [0.1, 0.15) is 12.3 Å². The molecule has 2 heterocycles. The number of ether oxygens (including phenoxy) is 1. The average Bonchev–Trinajstić information content (AvgIpc) is 3.11. The molecule has 0 bridgehead atoms. The molecule has 1 aromatic heterocycles. The summed E-state index contributed by atoms with van der Waals surface area (Å²) in [6.07, 6.45) is 4.39. The highest BCUT2D eigenvalue weighted by molar-refractivity contribution is 14.0. The number of nitrogens with one attached hydrogen (secondary N) is 1. The van der Waals surface area contributed by atoms with Gasteiger partial charge in [0.2, 0.25) is 5.91 Å². The molecule has 2 aromatic rings. The second kappa shape index (κ2) is 10.5. The Morgan fingerprint density at radius 2 is 2.14 bits per heavy atom. The number of carbonyl (C=O) groups excluding carboxylic acids is 1. The van der Waals surface area contributed by atoms with Crippen LogP contribution >= 0.6 is 24.0 Å². The normalized spacial score (nSPS) is 14.6. The summed E-state index contributed by atoms with van der Waals surface area (Å²) in [5.74, 6) is 1.68. The number of aryl methyl sites for hydroxylation is 2. The summed E-state index contributed by atoms with van der Waals surface area (Å²) in [7, 11) is 5.28. The molecule has 1 aromatic carbocycles. The molecule has 0 unspecified atom stereocenters. The smallest absolute Gasteiger partial charge is 0.246 e. The van der Waals surface area contributed by atoms with Crippen molar-refractivity contribution in [3.05, 3.63) is 41.7 Å². The number of aromatic nitrogens is 2. The molecule has 0 spiro atoms.